The number of anilines is 4. The first kappa shape index (κ1) is 20.3. The number of Topliss-reactive ketones (excluding diaryl/α,β-unsaturated/α-hetero) is 1. The minimum atomic E-state index is -0.321. The smallest absolute Gasteiger partial charge is 0.229 e. The van der Waals surface area contributed by atoms with Gasteiger partial charge in [0.2, 0.25) is 5.95 Å². The van der Waals surface area contributed by atoms with E-state index < -0.39 is 0 Å². The van der Waals surface area contributed by atoms with E-state index in [1.165, 1.54) is 12.1 Å². The summed E-state index contributed by atoms with van der Waals surface area (Å²) in [6, 6.07) is 11.5. The molecule has 0 radical (unpaired) electrons. The highest BCUT2D eigenvalue weighted by atomic mass is 35.5. The molecule has 0 atom stereocenters. The number of rotatable bonds is 4. The molecular formula is C23H22ClFN4O. The molecule has 3 aromatic rings. The molecule has 4 rings (SSSR count). The van der Waals surface area contributed by atoms with Crippen molar-refractivity contribution >= 4 is 40.5 Å². The van der Waals surface area contributed by atoms with Crippen molar-refractivity contribution in [3.8, 4) is 0 Å². The first-order chi connectivity index (χ1) is 14.2. The van der Waals surface area contributed by atoms with Crippen molar-refractivity contribution < 1.29 is 9.18 Å². The van der Waals surface area contributed by atoms with E-state index in [0.29, 0.717) is 46.6 Å². The Hall–Kier alpha value is -2.99. The van der Waals surface area contributed by atoms with Gasteiger partial charge < -0.3 is 10.6 Å². The predicted octanol–water partition coefficient (Wildman–Crippen LogP) is 6.22. The molecule has 0 spiro atoms. The van der Waals surface area contributed by atoms with Gasteiger partial charge in [0.1, 0.15) is 11.6 Å². The summed E-state index contributed by atoms with van der Waals surface area (Å²) in [5.74, 6) is 0.471. The third-order valence-corrected chi connectivity index (χ3v) is 5.58. The average Bonchev–Trinajstić information content (AvgIpc) is 2.66. The van der Waals surface area contributed by atoms with Crippen molar-refractivity contribution in [3.05, 3.63) is 70.1 Å². The lowest BCUT2D eigenvalue weighted by Crippen LogP contribution is -2.29. The van der Waals surface area contributed by atoms with Gasteiger partial charge in [0.15, 0.2) is 5.78 Å². The highest BCUT2D eigenvalue weighted by Gasteiger charge is 2.35. The van der Waals surface area contributed by atoms with Crippen LogP contribution in [0.1, 0.15) is 41.9 Å². The van der Waals surface area contributed by atoms with Crippen LogP contribution < -0.4 is 10.6 Å². The van der Waals surface area contributed by atoms with Crippen LogP contribution in [0.2, 0.25) is 5.02 Å². The summed E-state index contributed by atoms with van der Waals surface area (Å²) in [7, 11) is 0. The number of hydrogen-bond acceptors (Lipinski definition) is 5. The lowest BCUT2D eigenvalue weighted by atomic mass is 9.75. The van der Waals surface area contributed by atoms with Gasteiger partial charge >= 0.3 is 0 Å². The molecule has 7 heteroatoms. The number of halogens is 2. The number of hydrogen-bond donors (Lipinski definition) is 2. The summed E-state index contributed by atoms with van der Waals surface area (Å²) in [5.41, 5.74) is 3.31. The second-order valence-electron chi connectivity index (χ2n) is 8.33. The van der Waals surface area contributed by atoms with E-state index in [1.54, 1.807) is 12.1 Å². The zero-order valence-electron chi connectivity index (χ0n) is 17.0. The molecule has 154 valence electrons. The molecule has 0 aliphatic heterocycles. The predicted molar refractivity (Wildman–Crippen MR) is 118 cm³/mol. The van der Waals surface area contributed by atoms with E-state index in [0.717, 1.165) is 11.3 Å². The SMILES string of the molecule is Cc1c(Cl)cccc1Nc1nc(Nc2ccc(F)cc2)nc2c1C(=O)CC(C)(C)C2. The highest BCUT2D eigenvalue weighted by molar-refractivity contribution is 6.31. The number of carbonyl (C=O) groups excluding carboxylic acids is 1. The summed E-state index contributed by atoms with van der Waals surface area (Å²) < 4.78 is 13.2. The lowest BCUT2D eigenvalue weighted by molar-refractivity contribution is 0.0911. The van der Waals surface area contributed by atoms with Gasteiger partial charge in [0.25, 0.3) is 0 Å². The Morgan fingerprint density at radius 3 is 2.50 bits per heavy atom. The second kappa shape index (κ2) is 7.69. The van der Waals surface area contributed by atoms with E-state index in [9.17, 15) is 9.18 Å². The standard InChI is InChI=1S/C23H22ClFN4O/c1-13-16(24)5-4-6-17(13)27-21-20-18(11-23(2,3)12-19(20)30)28-22(29-21)26-15-9-7-14(25)8-10-15/h4-10H,11-12H2,1-3H3,(H2,26,27,28,29). The first-order valence-corrected chi connectivity index (χ1v) is 10.1. The third-order valence-electron chi connectivity index (χ3n) is 5.17. The van der Waals surface area contributed by atoms with Crippen LogP contribution in [-0.2, 0) is 6.42 Å². The quantitative estimate of drug-likeness (QED) is 0.520. The van der Waals surface area contributed by atoms with E-state index >= 15 is 0 Å². The summed E-state index contributed by atoms with van der Waals surface area (Å²) in [5, 5.41) is 7.01. The molecule has 0 saturated carbocycles. The van der Waals surface area contributed by atoms with Crippen LogP contribution in [0.3, 0.4) is 0 Å². The Bertz CT molecular complexity index is 1130. The monoisotopic (exact) mass is 424 g/mol. The number of nitrogens with zero attached hydrogens (tertiary/aromatic N) is 2. The number of nitrogens with one attached hydrogen (secondary N) is 2. The molecule has 1 aliphatic carbocycles. The molecule has 0 amide bonds. The maximum absolute atomic E-state index is 13.2. The molecule has 1 heterocycles. The maximum Gasteiger partial charge on any atom is 0.229 e. The van der Waals surface area contributed by atoms with Gasteiger partial charge in [-0.15, -0.1) is 0 Å². The van der Waals surface area contributed by atoms with Crippen LogP contribution in [0.4, 0.5) is 27.5 Å². The second-order valence-corrected chi connectivity index (χ2v) is 8.73. The zero-order valence-corrected chi connectivity index (χ0v) is 17.8. The zero-order chi connectivity index (χ0) is 21.5. The Kier molecular flexibility index (Phi) is 5.20. The van der Waals surface area contributed by atoms with E-state index in [1.807, 2.05) is 25.1 Å². The Morgan fingerprint density at radius 1 is 1.03 bits per heavy atom. The Balaban J connectivity index is 1.79. The Labute approximate surface area is 179 Å². The van der Waals surface area contributed by atoms with Crippen molar-refractivity contribution in [2.45, 2.75) is 33.6 Å². The molecule has 5 nitrogen and oxygen atoms in total. The topological polar surface area (TPSA) is 66.9 Å². The van der Waals surface area contributed by atoms with Gasteiger partial charge in [0.05, 0.1) is 11.3 Å². The van der Waals surface area contributed by atoms with Gasteiger partial charge in [-0.3, -0.25) is 4.79 Å². The summed E-state index contributed by atoms with van der Waals surface area (Å²) >= 11 is 6.26. The largest absolute Gasteiger partial charge is 0.339 e. The van der Waals surface area contributed by atoms with Crippen molar-refractivity contribution in [1.82, 2.24) is 9.97 Å². The van der Waals surface area contributed by atoms with Crippen molar-refractivity contribution in [3.63, 3.8) is 0 Å². The number of carbonyl (C=O) groups is 1. The van der Waals surface area contributed by atoms with Crippen molar-refractivity contribution in [2.24, 2.45) is 5.41 Å². The molecule has 2 N–H and O–H groups in total. The van der Waals surface area contributed by atoms with Crippen LogP contribution >= 0.6 is 11.6 Å². The molecule has 0 unspecified atom stereocenters. The summed E-state index contributed by atoms with van der Waals surface area (Å²) in [4.78, 5) is 22.2. The molecule has 2 aromatic carbocycles. The van der Waals surface area contributed by atoms with Crippen molar-refractivity contribution in [2.75, 3.05) is 10.6 Å². The van der Waals surface area contributed by atoms with Gasteiger partial charge in [-0.2, -0.15) is 4.98 Å². The molecule has 30 heavy (non-hydrogen) atoms. The molecule has 0 fully saturated rings. The maximum atomic E-state index is 13.2. The van der Waals surface area contributed by atoms with E-state index in [-0.39, 0.29) is 17.0 Å². The summed E-state index contributed by atoms with van der Waals surface area (Å²) in [6.07, 6.45) is 1.08. The van der Waals surface area contributed by atoms with Gasteiger partial charge in [0, 0.05) is 22.8 Å². The third kappa shape index (κ3) is 4.14. The fourth-order valence-electron chi connectivity index (χ4n) is 3.65. The highest BCUT2D eigenvalue weighted by Crippen LogP contribution is 2.38. The number of ketones is 1. The number of benzene rings is 2. The van der Waals surface area contributed by atoms with E-state index in [2.05, 4.69) is 34.4 Å². The molecule has 1 aliphatic rings. The summed E-state index contributed by atoms with van der Waals surface area (Å²) in [6.45, 7) is 6.01. The van der Waals surface area contributed by atoms with Crippen LogP contribution in [0, 0.1) is 18.2 Å². The van der Waals surface area contributed by atoms with Crippen LogP contribution in [-0.4, -0.2) is 15.8 Å². The number of fused-ring (bicyclic) bond motifs is 1. The fourth-order valence-corrected chi connectivity index (χ4v) is 3.82. The lowest BCUT2D eigenvalue weighted by Gasteiger charge is -2.30. The van der Waals surface area contributed by atoms with Gasteiger partial charge in [-0.05, 0) is 60.7 Å². The van der Waals surface area contributed by atoms with Gasteiger partial charge in [-0.25, -0.2) is 9.37 Å². The molecule has 0 saturated heterocycles. The molecular weight excluding hydrogens is 403 g/mol. The number of aromatic nitrogens is 2. The van der Waals surface area contributed by atoms with E-state index in [4.69, 9.17) is 11.6 Å². The van der Waals surface area contributed by atoms with Gasteiger partial charge in [-0.1, -0.05) is 31.5 Å². The molecule has 0 bridgehead atoms. The normalized spacial score (nSPS) is 14.9. The average molecular weight is 425 g/mol. The first-order valence-electron chi connectivity index (χ1n) is 9.71. The van der Waals surface area contributed by atoms with Crippen molar-refractivity contribution in [1.29, 1.82) is 0 Å². The van der Waals surface area contributed by atoms with Crippen LogP contribution in [0.15, 0.2) is 42.5 Å². The minimum Gasteiger partial charge on any atom is -0.339 e. The fraction of sp³-hybridized carbons (Fsp3) is 0.261. The van der Waals surface area contributed by atoms with Crippen LogP contribution in [0.5, 0.6) is 0 Å². The van der Waals surface area contributed by atoms with Crippen LogP contribution in [0.25, 0.3) is 0 Å². The molecule has 1 aromatic heterocycles. The Morgan fingerprint density at radius 2 is 1.77 bits per heavy atom. The minimum absolute atomic E-state index is 0.0109.